The van der Waals surface area contributed by atoms with Crippen LogP contribution in [-0.4, -0.2) is 27.7 Å². The summed E-state index contributed by atoms with van der Waals surface area (Å²) in [5.41, 5.74) is 3.25. The number of carbonyl (C=O) groups is 1. The highest BCUT2D eigenvalue weighted by atomic mass is 19.1. The van der Waals surface area contributed by atoms with Crippen molar-refractivity contribution in [3.05, 3.63) is 71.2 Å². The molecule has 0 saturated heterocycles. The number of anilines is 1. The maximum atomic E-state index is 13.3. The maximum Gasteiger partial charge on any atom is 0.226 e. The van der Waals surface area contributed by atoms with Gasteiger partial charge >= 0.3 is 0 Å². The molecule has 1 atom stereocenters. The van der Waals surface area contributed by atoms with E-state index in [1.54, 1.807) is 23.9 Å². The van der Waals surface area contributed by atoms with E-state index in [9.17, 15) is 9.18 Å². The van der Waals surface area contributed by atoms with Gasteiger partial charge in [-0.1, -0.05) is 12.1 Å². The first-order chi connectivity index (χ1) is 14.1. The van der Waals surface area contributed by atoms with Gasteiger partial charge in [0.05, 0.1) is 7.11 Å². The Kier molecular flexibility index (Phi) is 4.16. The van der Waals surface area contributed by atoms with Gasteiger partial charge in [-0.2, -0.15) is 4.98 Å². The van der Waals surface area contributed by atoms with Gasteiger partial charge in [0, 0.05) is 23.3 Å². The van der Waals surface area contributed by atoms with Crippen molar-refractivity contribution in [3.8, 4) is 17.1 Å². The molecule has 146 valence electrons. The molecular weight excluding hydrogens is 371 g/mol. The second-order valence-corrected chi connectivity index (χ2v) is 7.18. The number of ketones is 1. The molecule has 3 aromatic rings. The van der Waals surface area contributed by atoms with E-state index >= 15 is 0 Å². The number of rotatable bonds is 3. The summed E-state index contributed by atoms with van der Waals surface area (Å²) in [6.45, 7) is 0. The predicted octanol–water partition coefficient (Wildman–Crippen LogP) is 4.11. The molecule has 2 aromatic carbocycles. The molecule has 5 rings (SSSR count). The number of fused-ring (bicyclic) bond motifs is 1. The average molecular weight is 390 g/mol. The fourth-order valence-electron chi connectivity index (χ4n) is 4.00. The minimum Gasteiger partial charge on any atom is -0.497 e. The summed E-state index contributed by atoms with van der Waals surface area (Å²) in [6.07, 6.45) is 2.13. The van der Waals surface area contributed by atoms with E-state index in [0.717, 1.165) is 29.7 Å². The zero-order chi connectivity index (χ0) is 20.0. The number of carbonyl (C=O) groups excluding carboxylic acids is 1. The molecule has 1 aliphatic heterocycles. The molecule has 1 aliphatic carbocycles. The van der Waals surface area contributed by atoms with Crippen LogP contribution >= 0.6 is 0 Å². The van der Waals surface area contributed by atoms with E-state index < -0.39 is 0 Å². The zero-order valence-corrected chi connectivity index (χ0v) is 15.9. The Balaban J connectivity index is 1.67. The van der Waals surface area contributed by atoms with Crippen molar-refractivity contribution in [2.75, 3.05) is 12.4 Å². The monoisotopic (exact) mass is 390 g/mol. The van der Waals surface area contributed by atoms with Crippen LogP contribution in [0.1, 0.15) is 30.9 Å². The largest absolute Gasteiger partial charge is 0.497 e. The first-order valence-electron chi connectivity index (χ1n) is 9.54. The minimum absolute atomic E-state index is 0.121. The van der Waals surface area contributed by atoms with E-state index in [1.165, 1.54) is 12.1 Å². The van der Waals surface area contributed by atoms with Crippen LogP contribution in [0.25, 0.3) is 11.4 Å². The molecule has 0 fully saturated rings. The Bertz CT molecular complexity index is 1130. The van der Waals surface area contributed by atoms with Crippen LogP contribution in [0.5, 0.6) is 5.75 Å². The highest BCUT2D eigenvalue weighted by Crippen LogP contribution is 2.41. The standard InChI is InChI=1S/C22H19FN4O2/c1-29-16-5-2-4-14(12-16)20-19-17(6-3-7-18(19)28)24-22-25-21(26-27(20)22)13-8-10-15(23)11-9-13/h2,4-5,8-12,20H,3,6-7H2,1H3,(H,24,25,26). The third kappa shape index (κ3) is 2.99. The molecule has 0 radical (unpaired) electrons. The molecule has 2 heterocycles. The third-order valence-electron chi connectivity index (χ3n) is 5.38. The number of methoxy groups -OCH3 is 1. The summed E-state index contributed by atoms with van der Waals surface area (Å²) < 4.78 is 20.4. The number of hydrogen-bond donors (Lipinski definition) is 1. The van der Waals surface area contributed by atoms with Crippen LogP contribution in [0, 0.1) is 5.82 Å². The normalized spacial score (nSPS) is 18.1. The lowest BCUT2D eigenvalue weighted by Crippen LogP contribution is -2.31. The van der Waals surface area contributed by atoms with Crippen molar-refractivity contribution >= 4 is 11.7 Å². The van der Waals surface area contributed by atoms with E-state index in [4.69, 9.17) is 4.74 Å². The SMILES string of the molecule is COc1cccc(C2C3=C(CCCC3=O)Nc3nc(-c4ccc(F)cc4)nn32)c1. The second kappa shape index (κ2) is 6.84. The van der Waals surface area contributed by atoms with Gasteiger partial charge in [0.1, 0.15) is 17.6 Å². The smallest absolute Gasteiger partial charge is 0.226 e. The summed E-state index contributed by atoms with van der Waals surface area (Å²) >= 11 is 0. The van der Waals surface area contributed by atoms with Crippen molar-refractivity contribution < 1.29 is 13.9 Å². The van der Waals surface area contributed by atoms with Crippen LogP contribution in [0.3, 0.4) is 0 Å². The Hall–Kier alpha value is -3.48. The molecule has 6 nitrogen and oxygen atoms in total. The molecule has 1 aromatic heterocycles. The summed E-state index contributed by atoms with van der Waals surface area (Å²) in [4.78, 5) is 17.5. The van der Waals surface area contributed by atoms with Crippen molar-refractivity contribution in [3.63, 3.8) is 0 Å². The number of ether oxygens (including phenoxy) is 1. The van der Waals surface area contributed by atoms with Gasteiger partial charge in [-0.25, -0.2) is 9.07 Å². The molecule has 1 N–H and O–H groups in total. The molecule has 0 saturated carbocycles. The molecule has 2 aliphatic rings. The topological polar surface area (TPSA) is 69.0 Å². The first kappa shape index (κ1) is 17.6. The Morgan fingerprint density at radius 3 is 2.79 bits per heavy atom. The second-order valence-electron chi connectivity index (χ2n) is 7.18. The highest BCUT2D eigenvalue weighted by Gasteiger charge is 2.37. The van der Waals surface area contributed by atoms with E-state index in [2.05, 4.69) is 15.4 Å². The lowest BCUT2D eigenvalue weighted by atomic mass is 9.85. The maximum absolute atomic E-state index is 13.3. The summed E-state index contributed by atoms with van der Waals surface area (Å²) in [5, 5.41) is 7.98. The summed E-state index contributed by atoms with van der Waals surface area (Å²) in [6, 6.07) is 13.3. The number of nitrogens with one attached hydrogen (secondary N) is 1. The lowest BCUT2D eigenvalue weighted by Gasteiger charge is -2.32. The third-order valence-corrected chi connectivity index (χ3v) is 5.38. The summed E-state index contributed by atoms with van der Waals surface area (Å²) in [7, 11) is 1.62. The molecule has 29 heavy (non-hydrogen) atoms. The van der Waals surface area contributed by atoms with E-state index in [-0.39, 0.29) is 17.6 Å². The van der Waals surface area contributed by atoms with E-state index in [0.29, 0.717) is 29.5 Å². The van der Waals surface area contributed by atoms with Crippen LogP contribution in [0.2, 0.25) is 0 Å². The minimum atomic E-state index is -0.383. The van der Waals surface area contributed by atoms with Crippen molar-refractivity contribution in [2.45, 2.75) is 25.3 Å². The number of Topliss-reactive ketones (excluding diaryl/α,β-unsaturated/α-hetero) is 1. The number of hydrogen-bond acceptors (Lipinski definition) is 5. The number of allylic oxidation sites excluding steroid dienone is 2. The fourth-order valence-corrected chi connectivity index (χ4v) is 4.00. The van der Waals surface area contributed by atoms with Crippen LogP contribution in [0.15, 0.2) is 59.8 Å². The highest BCUT2D eigenvalue weighted by molar-refractivity contribution is 5.99. The van der Waals surface area contributed by atoms with E-state index in [1.807, 2.05) is 24.3 Å². The number of benzene rings is 2. The molecule has 0 amide bonds. The average Bonchev–Trinajstić information content (AvgIpc) is 3.16. The van der Waals surface area contributed by atoms with Crippen LogP contribution in [-0.2, 0) is 4.79 Å². The summed E-state index contributed by atoms with van der Waals surface area (Å²) in [5.74, 6) is 1.58. The molecule has 0 bridgehead atoms. The first-order valence-corrected chi connectivity index (χ1v) is 9.54. The van der Waals surface area contributed by atoms with Gasteiger partial charge in [0.25, 0.3) is 0 Å². The number of halogens is 1. The van der Waals surface area contributed by atoms with Gasteiger partial charge in [-0.15, -0.1) is 5.10 Å². The van der Waals surface area contributed by atoms with Crippen molar-refractivity contribution in [1.29, 1.82) is 0 Å². The Morgan fingerprint density at radius 2 is 2.00 bits per heavy atom. The van der Waals surface area contributed by atoms with Crippen LogP contribution < -0.4 is 10.1 Å². The van der Waals surface area contributed by atoms with Crippen LogP contribution in [0.4, 0.5) is 10.3 Å². The quantitative estimate of drug-likeness (QED) is 0.729. The molecule has 1 unspecified atom stereocenters. The van der Waals surface area contributed by atoms with Crippen molar-refractivity contribution in [1.82, 2.24) is 14.8 Å². The van der Waals surface area contributed by atoms with Gasteiger partial charge in [-0.05, 0) is 54.8 Å². The zero-order valence-electron chi connectivity index (χ0n) is 15.9. The number of nitrogens with zero attached hydrogens (tertiary/aromatic N) is 3. The van der Waals surface area contributed by atoms with Crippen molar-refractivity contribution in [2.24, 2.45) is 0 Å². The fraction of sp³-hybridized carbons (Fsp3) is 0.227. The molecule has 0 spiro atoms. The van der Waals surface area contributed by atoms with Gasteiger partial charge in [0.15, 0.2) is 11.6 Å². The van der Waals surface area contributed by atoms with Gasteiger partial charge < -0.3 is 10.1 Å². The lowest BCUT2D eigenvalue weighted by molar-refractivity contribution is -0.116. The molecule has 7 heteroatoms. The number of aromatic nitrogens is 3. The Labute approximate surface area is 167 Å². The van der Waals surface area contributed by atoms with Gasteiger partial charge in [-0.3, -0.25) is 4.79 Å². The predicted molar refractivity (Wildman–Crippen MR) is 106 cm³/mol. The van der Waals surface area contributed by atoms with Gasteiger partial charge in [0.2, 0.25) is 5.95 Å². The molecular formula is C22H19FN4O2. The Morgan fingerprint density at radius 1 is 1.17 bits per heavy atom.